The zero-order valence-corrected chi connectivity index (χ0v) is 10.2. The molecule has 2 aromatic rings. The predicted molar refractivity (Wildman–Crippen MR) is 75.1 cm³/mol. The molecule has 0 aliphatic carbocycles. The van der Waals surface area contributed by atoms with Crippen molar-refractivity contribution < 1.29 is 0 Å². The average Bonchev–Trinajstić information content (AvgIpc) is 2.39. The number of para-hydroxylation sites is 2. The molecule has 0 saturated carbocycles. The Balaban J connectivity index is 2.04. The number of rotatable bonds is 5. The number of benzene rings is 1. The lowest BCUT2D eigenvalue weighted by Gasteiger charge is -2.08. The molecule has 18 heavy (non-hydrogen) atoms. The molecular formula is C14H16N4. The molecule has 1 aromatic heterocycles. The summed E-state index contributed by atoms with van der Waals surface area (Å²) in [6.07, 6.45) is 8.00. The van der Waals surface area contributed by atoms with E-state index < -0.39 is 0 Å². The number of terminal acetylenes is 1. The van der Waals surface area contributed by atoms with Gasteiger partial charge in [-0.3, -0.25) is 0 Å². The highest BCUT2D eigenvalue weighted by Crippen LogP contribution is 2.18. The Morgan fingerprint density at radius 1 is 1.17 bits per heavy atom. The largest absolute Gasteiger partial charge is 0.381 e. The summed E-state index contributed by atoms with van der Waals surface area (Å²) in [5.74, 6) is 3.70. The van der Waals surface area contributed by atoms with Gasteiger partial charge in [-0.15, -0.1) is 12.3 Å². The zero-order valence-electron chi connectivity index (χ0n) is 10.2. The van der Waals surface area contributed by atoms with E-state index in [4.69, 9.17) is 12.2 Å². The molecule has 0 spiro atoms. The lowest BCUT2D eigenvalue weighted by atomic mass is 10.2. The van der Waals surface area contributed by atoms with Gasteiger partial charge in [-0.25, -0.2) is 9.97 Å². The Kier molecular flexibility index (Phi) is 3.98. The first-order valence-corrected chi connectivity index (χ1v) is 6.01. The molecule has 4 nitrogen and oxygen atoms in total. The van der Waals surface area contributed by atoms with Crippen LogP contribution in [0.25, 0.3) is 11.0 Å². The van der Waals surface area contributed by atoms with Crippen molar-refractivity contribution in [2.75, 3.05) is 17.6 Å². The molecular weight excluding hydrogens is 224 g/mol. The van der Waals surface area contributed by atoms with E-state index in [-0.39, 0.29) is 0 Å². The summed E-state index contributed by atoms with van der Waals surface area (Å²) in [6.45, 7) is 0.804. The highest BCUT2D eigenvalue weighted by Gasteiger charge is 2.04. The van der Waals surface area contributed by atoms with Gasteiger partial charge in [0.25, 0.3) is 0 Å². The van der Waals surface area contributed by atoms with Gasteiger partial charge in [0.1, 0.15) is 0 Å². The van der Waals surface area contributed by atoms with Crippen LogP contribution in [0.4, 0.5) is 11.6 Å². The number of nitrogens with zero attached hydrogens (tertiary/aromatic N) is 2. The van der Waals surface area contributed by atoms with Gasteiger partial charge in [-0.1, -0.05) is 12.1 Å². The van der Waals surface area contributed by atoms with Crippen molar-refractivity contribution in [1.29, 1.82) is 0 Å². The minimum Gasteiger partial charge on any atom is -0.381 e. The van der Waals surface area contributed by atoms with Crippen LogP contribution in [-0.2, 0) is 0 Å². The fourth-order valence-electron chi connectivity index (χ4n) is 1.70. The third-order valence-electron chi connectivity index (χ3n) is 2.64. The van der Waals surface area contributed by atoms with Crippen LogP contribution >= 0.6 is 0 Å². The van der Waals surface area contributed by atoms with Gasteiger partial charge in [-0.2, -0.15) is 0 Å². The molecule has 1 aromatic carbocycles. The lowest BCUT2D eigenvalue weighted by molar-refractivity contribution is 0.787. The molecule has 0 unspecified atom stereocenters. The van der Waals surface area contributed by atoms with Crippen LogP contribution in [-0.4, -0.2) is 16.5 Å². The van der Waals surface area contributed by atoms with Gasteiger partial charge >= 0.3 is 0 Å². The maximum absolute atomic E-state index is 5.86. The van der Waals surface area contributed by atoms with Crippen LogP contribution < -0.4 is 11.1 Å². The second kappa shape index (κ2) is 5.87. The number of fused-ring (bicyclic) bond motifs is 1. The number of nitrogen functional groups attached to an aromatic ring is 1. The molecule has 1 heterocycles. The molecule has 0 amide bonds. The molecule has 0 fully saturated rings. The van der Waals surface area contributed by atoms with Gasteiger partial charge in [-0.05, 0) is 25.0 Å². The first kappa shape index (κ1) is 12.2. The Hall–Kier alpha value is -2.28. The van der Waals surface area contributed by atoms with Crippen molar-refractivity contribution in [3.63, 3.8) is 0 Å². The lowest BCUT2D eigenvalue weighted by Crippen LogP contribution is -2.07. The van der Waals surface area contributed by atoms with Gasteiger partial charge < -0.3 is 11.1 Å². The maximum atomic E-state index is 5.86. The van der Waals surface area contributed by atoms with Crippen molar-refractivity contribution >= 4 is 22.7 Å². The summed E-state index contributed by atoms with van der Waals surface area (Å²) in [5, 5.41) is 3.20. The Bertz CT molecular complexity index is 572. The molecule has 0 aliphatic heterocycles. The summed E-state index contributed by atoms with van der Waals surface area (Å²) in [7, 11) is 0. The first-order chi connectivity index (χ1) is 8.81. The number of nitrogens with one attached hydrogen (secondary N) is 1. The van der Waals surface area contributed by atoms with Crippen LogP contribution in [0.5, 0.6) is 0 Å². The van der Waals surface area contributed by atoms with E-state index in [2.05, 4.69) is 21.2 Å². The second-order valence-electron chi connectivity index (χ2n) is 4.03. The molecule has 0 aliphatic rings. The molecule has 2 rings (SSSR count). The van der Waals surface area contributed by atoms with Crippen molar-refractivity contribution in [1.82, 2.24) is 9.97 Å². The van der Waals surface area contributed by atoms with Crippen LogP contribution in [0.3, 0.4) is 0 Å². The van der Waals surface area contributed by atoms with Crippen LogP contribution in [0.2, 0.25) is 0 Å². The number of hydrogen-bond acceptors (Lipinski definition) is 4. The molecule has 0 saturated heterocycles. The van der Waals surface area contributed by atoms with Crippen molar-refractivity contribution in [2.24, 2.45) is 0 Å². The number of nitrogens with two attached hydrogens (primary N) is 1. The van der Waals surface area contributed by atoms with Crippen LogP contribution in [0, 0.1) is 12.3 Å². The van der Waals surface area contributed by atoms with E-state index in [0.29, 0.717) is 11.6 Å². The van der Waals surface area contributed by atoms with Gasteiger partial charge in [0, 0.05) is 13.0 Å². The van der Waals surface area contributed by atoms with E-state index in [9.17, 15) is 0 Å². The molecule has 4 heteroatoms. The van der Waals surface area contributed by atoms with Crippen LogP contribution in [0.15, 0.2) is 24.3 Å². The third-order valence-corrected chi connectivity index (χ3v) is 2.64. The van der Waals surface area contributed by atoms with E-state index >= 15 is 0 Å². The molecule has 92 valence electrons. The molecule has 0 atom stereocenters. The summed E-state index contributed by atoms with van der Waals surface area (Å²) in [4.78, 5) is 8.76. The minimum atomic E-state index is 0.436. The number of anilines is 2. The molecule has 0 radical (unpaired) electrons. The number of hydrogen-bond donors (Lipinski definition) is 2. The van der Waals surface area contributed by atoms with E-state index in [1.54, 1.807) is 0 Å². The van der Waals surface area contributed by atoms with Crippen LogP contribution in [0.1, 0.15) is 19.3 Å². The minimum absolute atomic E-state index is 0.436. The van der Waals surface area contributed by atoms with E-state index in [0.717, 1.165) is 36.8 Å². The smallest absolute Gasteiger partial charge is 0.169 e. The SMILES string of the molecule is C#CCCCCNc1nc2ccccc2nc1N. The van der Waals surface area contributed by atoms with Gasteiger partial charge in [0.15, 0.2) is 11.6 Å². The number of aromatic nitrogens is 2. The first-order valence-electron chi connectivity index (χ1n) is 6.01. The summed E-state index contributed by atoms with van der Waals surface area (Å²) in [6, 6.07) is 7.67. The normalized spacial score (nSPS) is 10.2. The van der Waals surface area contributed by atoms with Crippen molar-refractivity contribution in [3.05, 3.63) is 24.3 Å². The second-order valence-corrected chi connectivity index (χ2v) is 4.03. The van der Waals surface area contributed by atoms with E-state index in [1.165, 1.54) is 0 Å². The molecule has 3 N–H and O–H groups in total. The highest BCUT2D eigenvalue weighted by molar-refractivity contribution is 5.79. The van der Waals surface area contributed by atoms with Crippen molar-refractivity contribution in [2.45, 2.75) is 19.3 Å². The Labute approximate surface area is 107 Å². The Morgan fingerprint density at radius 2 is 1.89 bits per heavy atom. The van der Waals surface area contributed by atoms with Gasteiger partial charge in [0.2, 0.25) is 0 Å². The Morgan fingerprint density at radius 3 is 2.61 bits per heavy atom. The summed E-state index contributed by atoms with van der Waals surface area (Å²) >= 11 is 0. The van der Waals surface area contributed by atoms with E-state index in [1.807, 2.05) is 24.3 Å². The standard InChI is InChI=1S/C14H16N4/c1-2-3-4-7-10-16-14-13(15)17-11-8-5-6-9-12(11)18-14/h1,5-6,8-9H,3-4,7,10H2,(H2,15,17)(H,16,18). The van der Waals surface area contributed by atoms with Crippen molar-refractivity contribution in [3.8, 4) is 12.3 Å². The maximum Gasteiger partial charge on any atom is 0.169 e. The monoisotopic (exact) mass is 240 g/mol. The number of unbranched alkanes of at least 4 members (excludes halogenated alkanes) is 2. The predicted octanol–water partition coefficient (Wildman–Crippen LogP) is 2.43. The van der Waals surface area contributed by atoms with Gasteiger partial charge in [0.05, 0.1) is 11.0 Å². The summed E-state index contributed by atoms with van der Waals surface area (Å²) < 4.78 is 0. The topological polar surface area (TPSA) is 63.8 Å². The summed E-state index contributed by atoms with van der Waals surface area (Å²) in [5.41, 5.74) is 7.52. The third kappa shape index (κ3) is 2.89. The zero-order chi connectivity index (χ0) is 12.8. The fraction of sp³-hybridized carbons (Fsp3) is 0.286. The average molecular weight is 240 g/mol. The fourth-order valence-corrected chi connectivity index (χ4v) is 1.70. The highest BCUT2D eigenvalue weighted by atomic mass is 15.1. The quantitative estimate of drug-likeness (QED) is 0.622. The molecule has 0 bridgehead atoms.